The van der Waals surface area contributed by atoms with Gasteiger partial charge in [0.15, 0.2) is 0 Å². The van der Waals surface area contributed by atoms with Gasteiger partial charge in [0.1, 0.15) is 10.3 Å². The van der Waals surface area contributed by atoms with E-state index in [-0.39, 0.29) is 5.56 Å². The minimum absolute atomic E-state index is 0.0966. The molecule has 2 rings (SSSR count). The summed E-state index contributed by atoms with van der Waals surface area (Å²) in [6.45, 7) is 3.31. The van der Waals surface area contributed by atoms with Gasteiger partial charge in [-0.3, -0.25) is 9.36 Å². The van der Waals surface area contributed by atoms with Gasteiger partial charge in [0.2, 0.25) is 0 Å². The Morgan fingerprint density at radius 1 is 1.44 bits per heavy atom. The van der Waals surface area contributed by atoms with Crippen LogP contribution in [0, 0.1) is 0 Å². The van der Waals surface area contributed by atoms with Crippen LogP contribution < -0.4 is 5.56 Å². The molecule has 2 aromatic rings. The molecule has 0 saturated heterocycles. The van der Waals surface area contributed by atoms with Gasteiger partial charge in [0, 0.05) is 25.1 Å². The number of imidazole rings is 1. The second kappa shape index (κ2) is 4.61. The minimum Gasteiger partial charge on any atom is -0.334 e. The Kier molecular flexibility index (Phi) is 3.19. The zero-order chi connectivity index (χ0) is 11.5. The van der Waals surface area contributed by atoms with E-state index in [2.05, 4.69) is 25.9 Å². The van der Waals surface area contributed by atoms with Crippen molar-refractivity contribution < 1.29 is 0 Å². The Balaban J connectivity index is 2.34. The van der Waals surface area contributed by atoms with Crippen LogP contribution in [0.2, 0.25) is 0 Å². The molecule has 0 N–H and O–H groups in total. The summed E-state index contributed by atoms with van der Waals surface area (Å²) in [6.07, 6.45) is 6.63. The fourth-order valence-electron chi connectivity index (χ4n) is 1.47. The highest BCUT2D eigenvalue weighted by Crippen LogP contribution is 2.02. The van der Waals surface area contributed by atoms with Gasteiger partial charge in [-0.1, -0.05) is 0 Å². The average molecular weight is 283 g/mol. The van der Waals surface area contributed by atoms with Crippen molar-refractivity contribution in [3.63, 3.8) is 0 Å². The van der Waals surface area contributed by atoms with E-state index in [9.17, 15) is 4.79 Å². The number of nitrogens with zero attached hydrogens (tertiary/aromatic N) is 4. The second-order valence-electron chi connectivity index (χ2n) is 3.30. The molecular formula is C10H11BrN4O. The average Bonchev–Trinajstić information content (AvgIpc) is 2.72. The molecule has 0 spiro atoms. The smallest absolute Gasteiger partial charge is 0.268 e. The lowest BCUT2D eigenvalue weighted by Gasteiger charge is -2.06. The third kappa shape index (κ3) is 2.06. The molecule has 5 nitrogen and oxygen atoms in total. The predicted octanol–water partition coefficient (Wildman–Crippen LogP) is 1.27. The number of aromatic nitrogens is 4. The second-order valence-corrected chi connectivity index (χ2v) is 4.16. The Hall–Kier alpha value is -1.43. The molecule has 2 aromatic heterocycles. The molecule has 0 unspecified atom stereocenters. The van der Waals surface area contributed by atoms with E-state index in [4.69, 9.17) is 0 Å². The maximum atomic E-state index is 11.7. The summed E-state index contributed by atoms with van der Waals surface area (Å²) >= 11 is 3.16. The monoisotopic (exact) mass is 282 g/mol. The SMILES string of the molecule is CCn1ccnc1Cn1cncc(Br)c1=O. The molecule has 6 heteroatoms. The van der Waals surface area contributed by atoms with Gasteiger partial charge in [0.05, 0.1) is 12.9 Å². The number of rotatable bonds is 3. The van der Waals surface area contributed by atoms with Crippen molar-refractivity contribution in [2.45, 2.75) is 20.0 Å². The van der Waals surface area contributed by atoms with E-state index in [0.717, 1.165) is 12.4 Å². The zero-order valence-electron chi connectivity index (χ0n) is 8.80. The van der Waals surface area contributed by atoms with E-state index in [1.165, 1.54) is 17.1 Å². The van der Waals surface area contributed by atoms with Crippen LogP contribution in [0.4, 0.5) is 0 Å². The lowest BCUT2D eigenvalue weighted by Crippen LogP contribution is -2.22. The molecule has 0 aliphatic carbocycles. The first-order valence-corrected chi connectivity index (χ1v) is 5.71. The largest absolute Gasteiger partial charge is 0.334 e. The van der Waals surface area contributed by atoms with Crippen molar-refractivity contribution in [1.29, 1.82) is 0 Å². The summed E-state index contributed by atoms with van der Waals surface area (Å²) in [6, 6.07) is 0. The molecule has 0 bridgehead atoms. The highest BCUT2D eigenvalue weighted by atomic mass is 79.9. The van der Waals surface area contributed by atoms with Gasteiger partial charge in [0.25, 0.3) is 5.56 Å². The lowest BCUT2D eigenvalue weighted by atomic mass is 10.5. The molecule has 0 saturated carbocycles. The van der Waals surface area contributed by atoms with E-state index in [0.29, 0.717) is 11.0 Å². The van der Waals surface area contributed by atoms with Crippen LogP contribution in [-0.2, 0) is 13.1 Å². The summed E-state index contributed by atoms with van der Waals surface area (Å²) in [5.41, 5.74) is -0.0966. The fraction of sp³-hybridized carbons (Fsp3) is 0.300. The first-order chi connectivity index (χ1) is 7.72. The van der Waals surface area contributed by atoms with Crippen molar-refractivity contribution in [1.82, 2.24) is 19.1 Å². The quantitative estimate of drug-likeness (QED) is 0.852. The van der Waals surface area contributed by atoms with Crippen molar-refractivity contribution in [3.8, 4) is 0 Å². The number of hydrogen-bond donors (Lipinski definition) is 0. The molecule has 16 heavy (non-hydrogen) atoms. The molecule has 0 amide bonds. The van der Waals surface area contributed by atoms with Crippen LogP contribution in [0.1, 0.15) is 12.7 Å². The third-order valence-corrected chi connectivity index (χ3v) is 2.86. The molecule has 0 aromatic carbocycles. The predicted molar refractivity (Wildman–Crippen MR) is 63.2 cm³/mol. The van der Waals surface area contributed by atoms with Crippen LogP contribution in [0.25, 0.3) is 0 Å². The highest BCUT2D eigenvalue weighted by molar-refractivity contribution is 9.10. The molecule has 0 radical (unpaired) electrons. The van der Waals surface area contributed by atoms with Crippen LogP contribution in [0.15, 0.2) is 34.2 Å². The van der Waals surface area contributed by atoms with Gasteiger partial charge >= 0.3 is 0 Å². The Morgan fingerprint density at radius 3 is 3.00 bits per heavy atom. The Morgan fingerprint density at radius 2 is 2.25 bits per heavy atom. The molecule has 0 atom stereocenters. The van der Waals surface area contributed by atoms with E-state index in [1.807, 2.05) is 17.7 Å². The van der Waals surface area contributed by atoms with Crippen LogP contribution >= 0.6 is 15.9 Å². The summed E-state index contributed by atoms with van der Waals surface area (Å²) in [5.74, 6) is 0.851. The Bertz CT molecular complexity index is 546. The van der Waals surface area contributed by atoms with Crippen molar-refractivity contribution in [2.24, 2.45) is 0 Å². The van der Waals surface area contributed by atoms with Crippen molar-refractivity contribution >= 4 is 15.9 Å². The van der Waals surface area contributed by atoms with Gasteiger partial charge in [-0.2, -0.15) is 0 Å². The van der Waals surface area contributed by atoms with E-state index >= 15 is 0 Å². The van der Waals surface area contributed by atoms with E-state index in [1.54, 1.807) is 6.20 Å². The third-order valence-electron chi connectivity index (χ3n) is 2.31. The van der Waals surface area contributed by atoms with Gasteiger partial charge < -0.3 is 4.57 Å². The minimum atomic E-state index is -0.0966. The summed E-state index contributed by atoms with van der Waals surface area (Å²) in [7, 11) is 0. The number of halogens is 1. The maximum Gasteiger partial charge on any atom is 0.268 e. The molecule has 0 aliphatic rings. The Labute approximate surface area is 101 Å². The van der Waals surface area contributed by atoms with Crippen LogP contribution in [0.3, 0.4) is 0 Å². The van der Waals surface area contributed by atoms with Gasteiger partial charge in [-0.15, -0.1) is 0 Å². The van der Waals surface area contributed by atoms with Gasteiger partial charge in [-0.05, 0) is 22.9 Å². The lowest BCUT2D eigenvalue weighted by molar-refractivity contribution is 0.629. The molecular weight excluding hydrogens is 272 g/mol. The highest BCUT2D eigenvalue weighted by Gasteiger charge is 2.05. The summed E-state index contributed by atoms with van der Waals surface area (Å²) in [5, 5.41) is 0. The zero-order valence-corrected chi connectivity index (χ0v) is 10.4. The summed E-state index contributed by atoms with van der Waals surface area (Å²) in [4.78, 5) is 19.9. The standard InChI is InChI=1S/C10H11BrN4O/c1-2-14-4-3-13-9(14)6-15-7-12-5-8(11)10(15)16/h3-5,7H,2,6H2,1H3. The van der Waals surface area contributed by atoms with Gasteiger partial charge in [-0.25, -0.2) is 9.97 Å². The first-order valence-electron chi connectivity index (χ1n) is 4.92. The molecule has 84 valence electrons. The molecule has 0 fully saturated rings. The van der Waals surface area contributed by atoms with Crippen molar-refractivity contribution in [2.75, 3.05) is 0 Å². The molecule has 0 aliphatic heterocycles. The normalized spacial score (nSPS) is 10.6. The van der Waals surface area contributed by atoms with E-state index < -0.39 is 0 Å². The molecule has 2 heterocycles. The van der Waals surface area contributed by atoms with Crippen LogP contribution in [-0.4, -0.2) is 19.1 Å². The van der Waals surface area contributed by atoms with Crippen LogP contribution in [0.5, 0.6) is 0 Å². The maximum absolute atomic E-state index is 11.7. The number of aryl methyl sites for hydroxylation is 1. The number of hydrogen-bond acceptors (Lipinski definition) is 3. The summed E-state index contributed by atoms with van der Waals surface area (Å²) < 4.78 is 3.98. The first kappa shape index (κ1) is 11.1. The van der Waals surface area contributed by atoms with Crippen molar-refractivity contribution in [3.05, 3.63) is 45.6 Å². The fourth-order valence-corrected chi connectivity index (χ4v) is 1.81. The topological polar surface area (TPSA) is 52.7 Å².